The lowest BCUT2D eigenvalue weighted by molar-refractivity contribution is -0.118. The highest BCUT2D eigenvalue weighted by Crippen LogP contribution is 2.42. The summed E-state index contributed by atoms with van der Waals surface area (Å²) in [5.74, 6) is 0.861. The molecule has 19 heavy (non-hydrogen) atoms. The Bertz CT molecular complexity index is 248. The van der Waals surface area contributed by atoms with Gasteiger partial charge in [0.1, 0.15) is 0 Å². The molecule has 0 spiro atoms. The minimum Gasteiger partial charge on any atom is -0.374 e. The van der Waals surface area contributed by atoms with Crippen LogP contribution in [0, 0.1) is 11.3 Å². The second-order valence-corrected chi connectivity index (χ2v) is 7.43. The van der Waals surface area contributed by atoms with Crippen LogP contribution in [0.1, 0.15) is 73.6 Å². The molecule has 1 N–H and O–H groups in total. The fourth-order valence-electron chi connectivity index (χ4n) is 3.62. The van der Waals surface area contributed by atoms with E-state index in [-0.39, 0.29) is 11.0 Å². The van der Waals surface area contributed by atoms with E-state index in [1.165, 1.54) is 32.1 Å². The highest BCUT2D eigenvalue weighted by Gasteiger charge is 2.46. The third kappa shape index (κ3) is 4.46. The zero-order chi connectivity index (χ0) is 14.5. The Balaban J connectivity index is 2.91. The van der Waals surface area contributed by atoms with Gasteiger partial charge in [-0.05, 0) is 56.9 Å². The van der Waals surface area contributed by atoms with Crippen LogP contribution in [0.2, 0.25) is 0 Å². The summed E-state index contributed by atoms with van der Waals surface area (Å²) in [4.78, 5) is 0. The van der Waals surface area contributed by atoms with Gasteiger partial charge in [0.15, 0.2) is 0 Å². The SMILES string of the molecule is CCCNC(C(C)(C)C)C1(OCC)CCC(C)CC1. The number of ether oxygens (including phenoxy) is 1. The van der Waals surface area contributed by atoms with Gasteiger partial charge in [0, 0.05) is 12.6 Å². The van der Waals surface area contributed by atoms with Crippen molar-refractivity contribution in [2.24, 2.45) is 11.3 Å². The van der Waals surface area contributed by atoms with E-state index in [0.29, 0.717) is 6.04 Å². The van der Waals surface area contributed by atoms with Gasteiger partial charge in [-0.2, -0.15) is 0 Å². The van der Waals surface area contributed by atoms with Crippen LogP contribution < -0.4 is 5.32 Å². The first-order valence-electron chi connectivity index (χ1n) is 8.23. The largest absolute Gasteiger partial charge is 0.374 e. The lowest BCUT2D eigenvalue weighted by atomic mass is 9.67. The van der Waals surface area contributed by atoms with Crippen LogP contribution in [-0.4, -0.2) is 24.8 Å². The van der Waals surface area contributed by atoms with E-state index >= 15 is 0 Å². The molecule has 0 aromatic heterocycles. The Morgan fingerprint density at radius 3 is 2.21 bits per heavy atom. The van der Waals surface area contributed by atoms with Crippen LogP contribution in [0.4, 0.5) is 0 Å². The Kier molecular flexibility index (Phi) is 6.32. The van der Waals surface area contributed by atoms with E-state index in [4.69, 9.17) is 4.74 Å². The van der Waals surface area contributed by atoms with Crippen molar-refractivity contribution in [2.45, 2.75) is 85.3 Å². The van der Waals surface area contributed by atoms with Gasteiger partial charge in [0.05, 0.1) is 5.60 Å². The van der Waals surface area contributed by atoms with Gasteiger partial charge in [-0.3, -0.25) is 0 Å². The summed E-state index contributed by atoms with van der Waals surface area (Å²) in [6, 6.07) is 0.451. The third-order valence-electron chi connectivity index (χ3n) is 4.54. The van der Waals surface area contributed by atoms with Crippen LogP contribution in [0.5, 0.6) is 0 Å². The lowest BCUT2D eigenvalue weighted by Gasteiger charge is -2.50. The zero-order valence-corrected chi connectivity index (χ0v) is 14.0. The smallest absolute Gasteiger partial charge is 0.0839 e. The van der Waals surface area contributed by atoms with Gasteiger partial charge >= 0.3 is 0 Å². The molecule has 2 heteroatoms. The zero-order valence-electron chi connectivity index (χ0n) is 14.0. The number of hydrogen-bond acceptors (Lipinski definition) is 2. The van der Waals surface area contributed by atoms with Crippen LogP contribution in [0.25, 0.3) is 0 Å². The molecule has 0 aromatic carbocycles. The fourth-order valence-corrected chi connectivity index (χ4v) is 3.62. The Morgan fingerprint density at radius 1 is 1.21 bits per heavy atom. The van der Waals surface area contributed by atoms with Crippen molar-refractivity contribution in [1.29, 1.82) is 0 Å². The molecular formula is C17H35NO. The maximum absolute atomic E-state index is 6.34. The van der Waals surface area contributed by atoms with Gasteiger partial charge < -0.3 is 10.1 Å². The maximum Gasteiger partial charge on any atom is 0.0839 e. The van der Waals surface area contributed by atoms with Crippen molar-refractivity contribution in [1.82, 2.24) is 5.32 Å². The van der Waals surface area contributed by atoms with E-state index in [0.717, 1.165) is 19.1 Å². The average molecular weight is 269 g/mol. The molecule has 1 fully saturated rings. The molecule has 1 saturated carbocycles. The molecule has 1 unspecified atom stereocenters. The third-order valence-corrected chi connectivity index (χ3v) is 4.54. The minimum absolute atomic E-state index is 0.0503. The van der Waals surface area contributed by atoms with Gasteiger partial charge in [0.25, 0.3) is 0 Å². The second kappa shape index (κ2) is 7.08. The second-order valence-electron chi connectivity index (χ2n) is 7.43. The van der Waals surface area contributed by atoms with Crippen LogP contribution in [0.15, 0.2) is 0 Å². The van der Waals surface area contributed by atoms with Crippen LogP contribution in [0.3, 0.4) is 0 Å². The molecule has 0 saturated heterocycles. The summed E-state index contributed by atoms with van der Waals surface area (Å²) >= 11 is 0. The summed E-state index contributed by atoms with van der Waals surface area (Å²) in [7, 11) is 0. The van der Waals surface area contributed by atoms with E-state index in [1.807, 2.05) is 0 Å². The summed E-state index contributed by atoms with van der Waals surface area (Å²) in [6.45, 7) is 15.7. The van der Waals surface area contributed by atoms with Crippen molar-refractivity contribution in [2.75, 3.05) is 13.2 Å². The average Bonchev–Trinajstić information content (AvgIpc) is 2.32. The fraction of sp³-hybridized carbons (Fsp3) is 1.00. The van der Waals surface area contributed by atoms with E-state index in [2.05, 4.69) is 46.9 Å². The van der Waals surface area contributed by atoms with Gasteiger partial charge in [0.2, 0.25) is 0 Å². The summed E-state index contributed by atoms with van der Waals surface area (Å²) in [5, 5.41) is 3.79. The van der Waals surface area contributed by atoms with Crippen molar-refractivity contribution in [3.05, 3.63) is 0 Å². The molecule has 0 aromatic rings. The first-order chi connectivity index (χ1) is 8.85. The van der Waals surface area contributed by atoms with Crippen LogP contribution in [-0.2, 0) is 4.74 Å². The van der Waals surface area contributed by atoms with Gasteiger partial charge in [-0.15, -0.1) is 0 Å². The predicted octanol–water partition coefficient (Wildman–Crippen LogP) is 4.39. The molecule has 1 aliphatic rings. The molecule has 0 heterocycles. The summed E-state index contributed by atoms with van der Waals surface area (Å²) in [5.41, 5.74) is 0.291. The summed E-state index contributed by atoms with van der Waals surface area (Å²) < 4.78 is 6.34. The highest BCUT2D eigenvalue weighted by molar-refractivity contribution is 5.01. The molecule has 0 aliphatic heterocycles. The van der Waals surface area contributed by atoms with Gasteiger partial charge in [-0.25, -0.2) is 0 Å². The Hall–Kier alpha value is -0.0800. The van der Waals surface area contributed by atoms with Crippen molar-refractivity contribution in [3.8, 4) is 0 Å². The highest BCUT2D eigenvalue weighted by atomic mass is 16.5. The first-order valence-corrected chi connectivity index (χ1v) is 8.23. The normalized spacial score (nSPS) is 30.3. The lowest BCUT2D eigenvalue weighted by Crippen LogP contribution is -2.60. The van der Waals surface area contributed by atoms with Crippen LogP contribution >= 0.6 is 0 Å². The molecular weight excluding hydrogens is 234 g/mol. The van der Waals surface area contributed by atoms with E-state index in [1.54, 1.807) is 0 Å². The monoisotopic (exact) mass is 269 g/mol. The molecule has 0 radical (unpaired) electrons. The molecule has 0 bridgehead atoms. The molecule has 1 atom stereocenters. The number of nitrogens with one attached hydrogen (secondary N) is 1. The van der Waals surface area contributed by atoms with Gasteiger partial charge in [-0.1, -0.05) is 34.6 Å². The minimum atomic E-state index is 0.0503. The molecule has 0 amide bonds. The van der Waals surface area contributed by atoms with E-state index in [9.17, 15) is 0 Å². The van der Waals surface area contributed by atoms with Crippen molar-refractivity contribution < 1.29 is 4.74 Å². The molecule has 1 aliphatic carbocycles. The van der Waals surface area contributed by atoms with Crippen molar-refractivity contribution >= 4 is 0 Å². The number of rotatable bonds is 6. The summed E-state index contributed by atoms with van der Waals surface area (Å²) in [6.07, 6.45) is 6.22. The Labute approximate surface area is 120 Å². The van der Waals surface area contributed by atoms with E-state index < -0.39 is 0 Å². The molecule has 1 rings (SSSR count). The quantitative estimate of drug-likeness (QED) is 0.772. The molecule has 2 nitrogen and oxygen atoms in total. The van der Waals surface area contributed by atoms with Crippen molar-refractivity contribution in [3.63, 3.8) is 0 Å². The molecule has 114 valence electrons. The standard InChI is InChI=1S/C17H35NO/c1-7-13-18-15(16(4,5)6)17(19-8-2)11-9-14(3)10-12-17/h14-15,18H,7-13H2,1-6H3. The number of hydrogen-bond donors (Lipinski definition) is 1. The Morgan fingerprint density at radius 2 is 1.79 bits per heavy atom. The first kappa shape index (κ1) is 17.0. The maximum atomic E-state index is 6.34. The predicted molar refractivity (Wildman–Crippen MR) is 83.5 cm³/mol. The topological polar surface area (TPSA) is 21.3 Å².